The molecule has 0 bridgehead atoms. The van der Waals surface area contributed by atoms with Crippen LogP contribution < -0.4 is 4.74 Å². The fourth-order valence-electron chi connectivity index (χ4n) is 2.11. The molecule has 0 saturated carbocycles. The third kappa shape index (κ3) is 1.33. The third-order valence-electron chi connectivity index (χ3n) is 2.93. The van der Waals surface area contributed by atoms with Crippen LogP contribution in [0.4, 0.5) is 0 Å². The van der Waals surface area contributed by atoms with E-state index in [0.717, 1.165) is 11.1 Å². The number of methoxy groups -OCH3 is 1. The number of benzene rings is 1. The molecule has 16 heavy (non-hydrogen) atoms. The van der Waals surface area contributed by atoms with Crippen LogP contribution in [-0.2, 0) is 0 Å². The summed E-state index contributed by atoms with van der Waals surface area (Å²) in [5, 5.41) is 2.36. The first-order valence-electron chi connectivity index (χ1n) is 5.34. The molecular weight excluding hydrogens is 196 g/mol. The molecule has 0 radical (unpaired) electrons. The Morgan fingerprint density at radius 2 is 1.56 bits per heavy atom. The Bertz CT molecular complexity index is 613. The largest absolute Gasteiger partial charge is 0.496 e. The Labute approximate surface area is 94.6 Å². The smallest absolute Gasteiger partial charge is 0.127 e. The molecule has 2 aliphatic rings. The lowest BCUT2D eigenvalue weighted by molar-refractivity contribution is 0.420. The maximum Gasteiger partial charge on any atom is 0.127 e. The molecule has 1 aromatic rings. The van der Waals surface area contributed by atoms with Gasteiger partial charge in [0.15, 0.2) is 0 Å². The summed E-state index contributed by atoms with van der Waals surface area (Å²) in [4.78, 5) is 0. The monoisotopic (exact) mass is 208 g/mol. The number of ether oxygens (including phenoxy) is 1. The van der Waals surface area contributed by atoms with Gasteiger partial charge in [-0.1, -0.05) is 42.5 Å². The van der Waals surface area contributed by atoms with Crippen LogP contribution in [0.25, 0.3) is 21.9 Å². The van der Waals surface area contributed by atoms with Crippen molar-refractivity contribution in [3.63, 3.8) is 0 Å². The maximum atomic E-state index is 5.46. The molecule has 0 N–H and O–H groups in total. The van der Waals surface area contributed by atoms with Crippen molar-refractivity contribution >= 4 is 10.8 Å². The van der Waals surface area contributed by atoms with Crippen molar-refractivity contribution in [2.45, 2.75) is 0 Å². The fraction of sp³-hybridized carbons (Fsp3) is 0.0667. The van der Waals surface area contributed by atoms with Gasteiger partial charge in [-0.15, -0.1) is 0 Å². The minimum Gasteiger partial charge on any atom is -0.496 e. The summed E-state index contributed by atoms with van der Waals surface area (Å²) >= 11 is 0. The van der Waals surface area contributed by atoms with Crippen LogP contribution in [0.5, 0.6) is 5.75 Å². The zero-order chi connectivity index (χ0) is 11.0. The highest BCUT2D eigenvalue weighted by molar-refractivity contribution is 5.92. The van der Waals surface area contributed by atoms with Crippen LogP contribution in [0.2, 0.25) is 0 Å². The Morgan fingerprint density at radius 1 is 0.812 bits per heavy atom. The van der Waals surface area contributed by atoms with Crippen LogP contribution in [-0.4, -0.2) is 7.11 Å². The van der Waals surface area contributed by atoms with E-state index in [2.05, 4.69) is 48.5 Å². The van der Waals surface area contributed by atoms with Crippen molar-refractivity contribution < 1.29 is 4.74 Å². The van der Waals surface area contributed by atoms with E-state index >= 15 is 0 Å². The summed E-state index contributed by atoms with van der Waals surface area (Å²) in [5.74, 6) is 0.928. The molecule has 0 aliphatic heterocycles. The Balaban J connectivity index is 2.49. The highest BCUT2D eigenvalue weighted by Crippen LogP contribution is 2.32. The lowest BCUT2D eigenvalue weighted by atomic mass is 10.1. The van der Waals surface area contributed by atoms with E-state index in [9.17, 15) is 0 Å². The van der Waals surface area contributed by atoms with Gasteiger partial charge in [-0.25, -0.2) is 0 Å². The third-order valence-corrected chi connectivity index (χ3v) is 2.93. The standard InChI is InChI=1S/C15H12O/c1-16-15-10-12-7-4-6-11(12)9-13-5-2-3-8-14(13)15/h2-10H,1H3. The fourth-order valence-corrected chi connectivity index (χ4v) is 2.11. The molecule has 1 nitrogen and oxygen atoms in total. The van der Waals surface area contributed by atoms with E-state index in [4.69, 9.17) is 4.74 Å². The number of hydrogen-bond donors (Lipinski definition) is 0. The van der Waals surface area contributed by atoms with E-state index in [0.29, 0.717) is 0 Å². The van der Waals surface area contributed by atoms with Gasteiger partial charge in [-0.2, -0.15) is 0 Å². The van der Waals surface area contributed by atoms with Crippen molar-refractivity contribution in [3.05, 3.63) is 54.6 Å². The van der Waals surface area contributed by atoms with Gasteiger partial charge >= 0.3 is 0 Å². The highest BCUT2D eigenvalue weighted by Gasteiger charge is 2.05. The van der Waals surface area contributed by atoms with E-state index < -0.39 is 0 Å². The molecule has 78 valence electrons. The molecule has 2 aliphatic carbocycles. The average Bonchev–Trinajstić information content (AvgIpc) is 2.68. The van der Waals surface area contributed by atoms with Gasteiger partial charge in [-0.3, -0.25) is 0 Å². The van der Waals surface area contributed by atoms with Gasteiger partial charge in [0.2, 0.25) is 0 Å². The molecule has 0 amide bonds. The highest BCUT2D eigenvalue weighted by atomic mass is 16.5. The first-order valence-corrected chi connectivity index (χ1v) is 5.34. The van der Waals surface area contributed by atoms with Gasteiger partial charge < -0.3 is 4.74 Å². The molecule has 0 unspecified atom stereocenters. The summed E-state index contributed by atoms with van der Waals surface area (Å²) in [6, 6.07) is 18.9. The summed E-state index contributed by atoms with van der Waals surface area (Å²) in [6.45, 7) is 0. The molecule has 1 heteroatoms. The van der Waals surface area contributed by atoms with Crippen LogP contribution in [0, 0.1) is 0 Å². The van der Waals surface area contributed by atoms with Crippen LogP contribution in [0.3, 0.4) is 0 Å². The molecule has 0 spiro atoms. The summed E-state index contributed by atoms with van der Waals surface area (Å²) in [7, 11) is 1.72. The lowest BCUT2D eigenvalue weighted by Gasteiger charge is -1.99. The SMILES string of the molecule is COc1cc2cccc-2cc2ccccc12. The molecule has 1 aromatic carbocycles. The summed E-state index contributed by atoms with van der Waals surface area (Å²) in [5.41, 5.74) is 2.47. The predicted octanol–water partition coefficient (Wildman–Crippen LogP) is 3.95. The molecule has 3 rings (SSSR count). The average molecular weight is 208 g/mol. The zero-order valence-corrected chi connectivity index (χ0v) is 9.10. The number of fused-ring (bicyclic) bond motifs is 2. The van der Waals surface area contributed by atoms with Crippen LogP contribution in [0.1, 0.15) is 0 Å². The van der Waals surface area contributed by atoms with Gasteiger partial charge in [0.25, 0.3) is 0 Å². The summed E-state index contributed by atoms with van der Waals surface area (Å²) in [6.07, 6.45) is 0. The first kappa shape index (κ1) is 9.22. The molecule has 0 atom stereocenters. The normalized spacial score (nSPS) is 10.8. The summed E-state index contributed by atoms with van der Waals surface area (Å²) < 4.78 is 5.46. The van der Waals surface area contributed by atoms with Crippen molar-refractivity contribution in [1.29, 1.82) is 0 Å². The van der Waals surface area contributed by atoms with Crippen molar-refractivity contribution in [3.8, 4) is 16.9 Å². The first-order chi connectivity index (χ1) is 7.88. The van der Waals surface area contributed by atoms with E-state index in [1.807, 2.05) is 6.07 Å². The molecule has 0 saturated heterocycles. The Hall–Kier alpha value is -2.02. The zero-order valence-electron chi connectivity index (χ0n) is 9.10. The lowest BCUT2D eigenvalue weighted by Crippen LogP contribution is -1.81. The second kappa shape index (κ2) is 3.53. The van der Waals surface area contributed by atoms with Gasteiger partial charge in [0.1, 0.15) is 5.75 Å². The Morgan fingerprint density at radius 3 is 2.38 bits per heavy atom. The minimum absolute atomic E-state index is 0.928. The van der Waals surface area contributed by atoms with E-state index in [1.165, 1.54) is 16.5 Å². The number of rotatable bonds is 1. The quantitative estimate of drug-likeness (QED) is 0.588. The van der Waals surface area contributed by atoms with E-state index in [-0.39, 0.29) is 0 Å². The minimum atomic E-state index is 0.928. The Kier molecular flexibility index (Phi) is 2.03. The maximum absolute atomic E-state index is 5.46. The molecule has 0 heterocycles. The number of hydrogen-bond acceptors (Lipinski definition) is 1. The second-order valence-corrected chi connectivity index (χ2v) is 3.88. The predicted molar refractivity (Wildman–Crippen MR) is 67.1 cm³/mol. The van der Waals surface area contributed by atoms with Crippen molar-refractivity contribution in [2.24, 2.45) is 0 Å². The van der Waals surface area contributed by atoms with Crippen molar-refractivity contribution in [1.82, 2.24) is 0 Å². The van der Waals surface area contributed by atoms with Crippen molar-refractivity contribution in [2.75, 3.05) is 7.11 Å². The van der Waals surface area contributed by atoms with Gasteiger partial charge in [0.05, 0.1) is 7.11 Å². The van der Waals surface area contributed by atoms with Gasteiger partial charge in [-0.05, 0) is 28.6 Å². The van der Waals surface area contributed by atoms with Gasteiger partial charge in [0, 0.05) is 5.39 Å². The topological polar surface area (TPSA) is 9.23 Å². The van der Waals surface area contributed by atoms with Crippen LogP contribution in [0.15, 0.2) is 54.6 Å². The second-order valence-electron chi connectivity index (χ2n) is 3.88. The molecular formula is C15H12O. The van der Waals surface area contributed by atoms with Crippen LogP contribution >= 0.6 is 0 Å². The molecule has 0 aromatic heterocycles. The van der Waals surface area contributed by atoms with E-state index in [1.54, 1.807) is 7.11 Å². The molecule has 0 fully saturated rings.